The highest BCUT2D eigenvalue weighted by molar-refractivity contribution is 5.95. The Bertz CT molecular complexity index is 680. The highest BCUT2D eigenvalue weighted by Crippen LogP contribution is 2.26. The molecule has 128 valence electrons. The second-order valence-electron chi connectivity index (χ2n) is 4.71. The van der Waals surface area contributed by atoms with Crippen molar-refractivity contribution >= 4 is 17.3 Å². The summed E-state index contributed by atoms with van der Waals surface area (Å²) in [5.41, 5.74) is 0.856. The second kappa shape index (κ2) is 8.71. The Morgan fingerprint density at radius 1 is 1.04 bits per heavy atom. The van der Waals surface area contributed by atoms with Crippen molar-refractivity contribution in [3.63, 3.8) is 0 Å². The Hall–Kier alpha value is -2.83. The molecule has 0 fully saturated rings. The molecule has 0 atom stereocenters. The fourth-order valence-electron chi connectivity index (χ4n) is 2.03. The smallest absolute Gasteiger partial charge is 0.387 e. The highest BCUT2D eigenvalue weighted by Gasteiger charge is 2.11. The molecule has 2 aromatic carbocycles. The Balaban J connectivity index is 1.97. The lowest BCUT2D eigenvalue weighted by molar-refractivity contribution is -0.114. The number of halogens is 2. The molecule has 5 nitrogen and oxygen atoms in total. The zero-order valence-electron chi connectivity index (χ0n) is 13.1. The number of anilines is 2. The summed E-state index contributed by atoms with van der Waals surface area (Å²) in [6.45, 7) is -0.715. The molecule has 2 rings (SSSR count). The van der Waals surface area contributed by atoms with Gasteiger partial charge in [-0.05, 0) is 31.2 Å². The average Bonchev–Trinajstić information content (AvgIpc) is 2.55. The zero-order chi connectivity index (χ0) is 17.4. The minimum atomic E-state index is -2.93. The van der Waals surface area contributed by atoms with E-state index in [-0.39, 0.29) is 18.2 Å². The second-order valence-corrected chi connectivity index (χ2v) is 4.71. The van der Waals surface area contributed by atoms with E-state index in [1.165, 1.54) is 6.07 Å². The van der Waals surface area contributed by atoms with E-state index < -0.39 is 6.61 Å². The third-order valence-electron chi connectivity index (χ3n) is 3.00. The fraction of sp³-hybridized carbons (Fsp3) is 0.235. The van der Waals surface area contributed by atoms with E-state index in [0.29, 0.717) is 23.7 Å². The van der Waals surface area contributed by atoms with Gasteiger partial charge in [-0.1, -0.05) is 24.3 Å². The van der Waals surface area contributed by atoms with Gasteiger partial charge in [-0.25, -0.2) is 0 Å². The largest absolute Gasteiger partial charge is 0.492 e. The van der Waals surface area contributed by atoms with Gasteiger partial charge in [-0.3, -0.25) is 4.79 Å². The minimum Gasteiger partial charge on any atom is -0.492 e. The number of para-hydroxylation sites is 4. The number of hydrogen-bond donors (Lipinski definition) is 2. The number of benzene rings is 2. The third-order valence-corrected chi connectivity index (χ3v) is 3.00. The molecule has 24 heavy (non-hydrogen) atoms. The first-order chi connectivity index (χ1) is 11.6. The Labute approximate surface area is 138 Å². The summed E-state index contributed by atoms with van der Waals surface area (Å²) >= 11 is 0. The lowest BCUT2D eigenvalue weighted by atomic mass is 10.2. The molecule has 2 aromatic rings. The number of alkyl halides is 2. The fourth-order valence-corrected chi connectivity index (χ4v) is 2.03. The van der Waals surface area contributed by atoms with Crippen molar-refractivity contribution in [2.45, 2.75) is 13.5 Å². The van der Waals surface area contributed by atoms with E-state index in [4.69, 9.17) is 4.74 Å². The van der Waals surface area contributed by atoms with Gasteiger partial charge in [-0.15, -0.1) is 0 Å². The van der Waals surface area contributed by atoms with Gasteiger partial charge >= 0.3 is 6.61 Å². The number of amides is 1. The first kappa shape index (κ1) is 17.5. The number of carbonyl (C=O) groups excluding carboxylic acids is 1. The molecule has 0 saturated carbocycles. The van der Waals surface area contributed by atoms with Crippen molar-refractivity contribution in [3.8, 4) is 11.5 Å². The highest BCUT2D eigenvalue weighted by atomic mass is 19.3. The minimum absolute atomic E-state index is 0.0185. The van der Waals surface area contributed by atoms with Gasteiger partial charge in [0.1, 0.15) is 11.5 Å². The standard InChI is InChI=1S/C17H18F2N2O3/c1-2-23-14-9-5-4-8-13(14)21-16(22)11-20-12-7-3-6-10-15(12)24-17(18)19/h3-10,17,20H,2,11H2,1H3,(H,21,22). The molecule has 1 amide bonds. The normalized spacial score (nSPS) is 10.3. The molecule has 0 radical (unpaired) electrons. The molecule has 2 N–H and O–H groups in total. The van der Waals surface area contributed by atoms with Crippen LogP contribution in [0.4, 0.5) is 20.2 Å². The molecular formula is C17H18F2N2O3. The van der Waals surface area contributed by atoms with E-state index in [9.17, 15) is 13.6 Å². The predicted molar refractivity (Wildman–Crippen MR) is 87.8 cm³/mol. The van der Waals surface area contributed by atoms with Gasteiger partial charge in [0.15, 0.2) is 0 Å². The van der Waals surface area contributed by atoms with Gasteiger partial charge in [0.05, 0.1) is 24.5 Å². The monoisotopic (exact) mass is 336 g/mol. The van der Waals surface area contributed by atoms with Crippen LogP contribution in [0.15, 0.2) is 48.5 Å². The average molecular weight is 336 g/mol. The van der Waals surface area contributed by atoms with Crippen molar-refractivity contribution in [1.29, 1.82) is 0 Å². The molecule has 0 unspecified atom stereocenters. The number of hydrogen-bond acceptors (Lipinski definition) is 4. The summed E-state index contributed by atoms with van der Waals surface area (Å²) in [4.78, 5) is 12.1. The Kier molecular flexibility index (Phi) is 6.36. The Morgan fingerprint density at radius 3 is 2.33 bits per heavy atom. The van der Waals surface area contributed by atoms with E-state index in [1.54, 1.807) is 42.5 Å². The lowest BCUT2D eigenvalue weighted by Gasteiger charge is -2.14. The molecule has 0 aromatic heterocycles. The van der Waals surface area contributed by atoms with E-state index in [2.05, 4.69) is 15.4 Å². The summed E-state index contributed by atoms with van der Waals surface area (Å²) in [5, 5.41) is 5.49. The van der Waals surface area contributed by atoms with Crippen LogP contribution in [0.2, 0.25) is 0 Å². The van der Waals surface area contributed by atoms with Crippen LogP contribution in [0.5, 0.6) is 11.5 Å². The van der Waals surface area contributed by atoms with Crippen LogP contribution in [0.25, 0.3) is 0 Å². The number of rotatable bonds is 8. The van der Waals surface area contributed by atoms with E-state index in [1.807, 2.05) is 6.92 Å². The Morgan fingerprint density at radius 2 is 1.67 bits per heavy atom. The maximum atomic E-state index is 12.4. The van der Waals surface area contributed by atoms with Crippen molar-refractivity contribution in [2.24, 2.45) is 0 Å². The lowest BCUT2D eigenvalue weighted by Crippen LogP contribution is -2.22. The first-order valence-electron chi connectivity index (χ1n) is 7.39. The molecule has 0 saturated heterocycles. The number of carbonyl (C=O) groups is 1. The first-order valence-corrected chi connectivity index (χ1v) is 7.39. The maximum Gasteiger partial charge on any atom is 0.387 e. The summed E-state index contributed by atoms with van der Waals surface area (Å²) in [6.07, 6.45) is 0. The van der Waals surface area contributed by atoms with Crippen molar-refractivity contribution in [2.75, 3.05) is 23.8 Å². The quantitative estimate of drug-likeness (QED) is 0.771. The van der Waals surface area contributed by atoms with Crippen molar-refractivity contribution in [3.05, 3.63) is 48.5 Å². The molecule has 0 bridgehead atoms. The predicted octanol–water partition coefficient (Wildman–Crippen LogP) is 3.74. The van der Waals surface area contributed by atoms with Gasteiger partial charge in [0.2, 0.25) is 5.91 Å². The van der Waals surface area contributed by atoms with Crippen LogP contribution >= 0.6 is 0 Å². The zero-order valence-corrected chi connectivity index (χ0v) is 13.1. The van der Waals surface area contributed by atoms with Crippen LogP contribution in [0, 0.1) is 0 Å². The van der Waals surface area contributed by atoms with E-state index in [0.717, 1.165) is 0 Å². The number of ether oxygens (including phenoxy) is 2. The molecule has 0 aliphatic heterocycles. The molecule has 0 spiro atoms. The van der Waals surface area contributed by atoms with Crippen LogP contribution in [-0.2, 0) is 4.79 Å². The van der Waals surface area contributed by atoms with Crippen LogP contribution < -0.4 is 20.1 Å². The molecule has 0 aliphatic carbocycles. The summed E-state index contributed by atoms with van der Waals surface area (Å²) in [7, 11) is 0. The summed E-state index contributed by atoms with van der Waals surface area (Å²) in [5.74, 6) is 0.207. The molecule has 0 heterocycles. The summed E-state index contributed by atoms with van der Waals surface area (Å²) < 4.78 is 34.5. The number of nitrogens with one attached hydrogen (secondary N) is 2. The van der Waals surface area contributed by atoms with Crippen LogP contribution in [0.1, 0.15) is 6.92 Å². The van der Waals surface area contributed by atoms with Gasteiger partial charge in [-0.2, -0.15) is 8.78 Å². The van der Waals surface area contributed by atoms with Gasteiger partial charge in [0, 0.05) is 0 Å². The molecular weight excluding hydrogens is 318 g/mol. The maximum absolute atomic E-state index is 12.4. The molecule has 0 aliphatic rings. The topological polar surface area (TPSA) is 59.6 Å². The van der Waals surface area contributed by atoms with Crippen molar-refractivity contribution < 1.29 is 23.0 Å². The SMILES string of the molecule is CCOc1ccccc1NC(=O)CNc1ccccc1OC(F)F. The van der Waals surface area contributed by atoms with Crippen LogP contribution in [-0.4, -0.2) is 25.7 Å². The summed E-state index contributed by atoms with van der Waals surface area (Å²) in [6, 6.07) is 13.2. The van der Waals surface area contributed by atoms with Gasteiger partial charge < -0.3 is 20.1 Å². The van der Waals surface area contributed by atoms with Crippen molar-refractivity contribution in [1.82, 2.24) is 0 Å². The molecule has 7 heteroatoms. The van der Waals surface area contributed by atoms with Crippen LogP contribution in [0.3, 0.4) is 0 Å². The van der Waals surface area contributed by atoms with Gasteiger partial charge in [0.25, 0.3) is 0 Å². The van der Waals surface area contributed by atoms with E-state index >= 15 is 0 Å². The third kappa shape index (κ3) is 5.12.